The predicted molar refractivity (Wildman–Crippen MR) is 184 cm³/mol. The lowest BCUT2D eigenvalue weighted by molar-refractivity contribution is -0.317. The first kappa shape index (κ1) is 42.9. The maximum Gasteiger partial charge on any atom is 0.311 e. The van der Waals surface area contributed by atoms with Crippen molar-refractivity contribution < 1.29 is 58.1 Å². The number of rotatable bonds is 7. The van der Waals surface area contributed by atoms with Crippen molar-refractivity contribution >= 4 is 17.5 Å². The molecule has 0 saturated carbocycles. The van der Waals surface area contributed by atoms with Crippen molar-refractivity contribution in [3.05, 3.63) is 0 Å². The molecule has 13 heteroatoms. The minimum atomic E-state index is -1.75. The highest BCUT2D eigenvalue weighted by atomic mass is 16.7. The number of cyclic esters (lactones) is 1. The number of carbonyl (C=O) groups is 3. The molecule has 13 nitrogen and oxygen atoms in total. The van der Waals surface area contributed by atoms with E-state index in [1.165, 1.54) is 7.11 Å². The second kappa shape index (κ2) is 17.1. The summed E-state index contributed by atoms with van der Waals surface area (Å²) in [7, 11) is 5.21. The third-order valence-electron chi connectivity index (χ3n) is 11.5. The van der Waals surface area contributed by atoms with Crippen LogP contribution in [0.4, 0.5) is 0 Å². The van der Waals surface area contributed by atoms with E-state index >= 15 is 0 Å². The third kappa shape index (κ3) is 9.32. The normalized spacial score (nSPS) is 47.5. The van der Waals surface area contributed by atoms with E-state index in [4.69, 9.17) is 28.4 Å². The zero-order valence-corrected chi connectivity index (χ0v) is 32.5. The van der Waals surface area contributed by atoms with E-state index in [0.29, 0.717) is 12.8 Å². The van der Waals surface area contributed by atoms with Gasteiger partial charge in [0.2, 0.25) is 0 Å². The van der Waals surface area contributed by atoms with Gasteiger partial charge >= 0.3 is 5.97 Å². The number of ketones is 2. The molecule has 0 aliphatic carbocycles. The topological polar surface area (TPSA) is 171 Å². The number of aliphatic hydroxyl groups excluding tert-OH is 2. The number of ether oxygens (including phenoxy) is 6. The molecule has 3 N–H and O–H groups in total. The number of aliphatic hydroxyl groups is 3. The quantitative estimate of drug-likeness (QED) is 0.260. The predicted octanol–water partition coefficient (Wildman–Crippen LogP) is 2.88. The number of hydrogen-bond donors (Lipinski definition) is 3. The van der Waals surface area contributed by atoms with Gasteiger partial charge in [0.05, 0.1) is 53.4 Å². The Morgan fingerprint density at radius 1 is 0.900 bits per heavy atom. The van der Waals surface area contributed by atoms with Gasteiger partial charge < -0.3 is 48.6 Å². The average Bonchev–Trinajstić information content (AvgIpc) is 3.05. The Morgan fingerprint density at radius 2 is 1.52 bits per heavy atom. The summed E-state index contributed by atoms with van der Waals surface area (Å²) < 4.78 is 37.2. The van der Waals surface area contributed by atoms with Gasteiger partial charge in [-0.2, -0.15) is 0 Å². The van der Waals surface area contributed by atoms with Crippen LogP contribution in [0.2, 0.25) is 0 Å². The van der Waals surface area contributed by atoms with Gasteiger partial charge in [0.1, 0.15) is 29.9 Å². The zero-order valence-electron chi connectivity index (χ0n) is 32.5. The Kier molecular flexibility index (Phi) is 14.6. The number of carbonyl (C=O) groups excluding carboxylic acids is 3. The third-order valence-corrected chi connectivity index (χ3v) is 11.5. The number of likely N-dealkylation sites (N-methyl/N-ethyl adjacent to an activating group) is 1. The highest BCUT2D eigenvalue weighted by molar-refractivity contribution is 6.04. The Hall–Kier alpha value is -1.55. The number of Topliss-reactive ketones (excluding diaryl/α,β-unsaturated/α-hetero) is 2. The first-order chi connectivity index (χ1) is 23.1. The number of methoxy groups -OCH3 is 1. The molecular weight excluding hydrogens is 650 g/mol. The number of nitrogens with zero attached hydrogens (tertiary/aromatic N) is 1. The van der Waals surface area contributed by atoms with Crippen LogP contribution >= 0.6 is 0 Å². The molecule has 290 valence electrons. The summed E-state index contributed by atoms with van der Waals surface area (Å²) >= 11 is 0. The maximum absolute atomic E-state index is 14.0. The van der Waals surface area contributed by atoms with Crippen LogP contribution in [-0.2, 0) is 42.8 Å². The van der Waals surface area contributed by atoms with Gasteiger partial charge in [0.15, 0.2) is 12.6 Å². The van der Waals surface area contributed by atoms with Crippen molar-refractivity contribution in [3.8, 4) is 0 Å². The van der Waals surface area contributed by atoms with Gasteiger partial charge in [-0.3, -0.25) is 14.4 Å². The molecule has 0 radical (unpaired) electrons. The second-order valence-corrected chi connectivity index (χ2v) is 16.0. The first-order valence-electron chi connectivity index (χ1n) is 18.3. The van der Waals surface area contributed by atoms with Crippen molar-refractivity contribution in [2.24, 2.45) is 29.6 Å². The summed E-state index contributed by atoms with van der Waals surface area (Å²) in [4.78, 5) is 43.2. The molecule has 0 amide bonds. The van der Waals surface area contributed by atoms with E-state index in [1.807, 2.05) is 32.8 Å². The molecule has 0 spiro atoms. The molecule has 3 saturated heterocycles. The fourth-order valence-corrected chi connectivity index (χ4v) is 8.19. The van der Waals surface area contributed by atoms with Crippen molar-refractivity contribution in [1.82, 2.24) is 4.90 Å². The van der Waals surface area contributed by atoms with Crippen molar-refractivity contribution in [2.45, 2.75) is 167 Å². The van der Waals surface area contributed by atoms with Gasteiger partial charge in [0, 0.05) is 31.4 Å². The van der Waals surface area contributed by atoms with Crippen LogP contribution in [0.15, 0.2) is 0 Å². The van der Waals surface area contributed by atoms with E-state index in [1.54, 1.807) is 55.4 Å². The van der Waals surface area contributed by atoms with Crippen molar-refractivity contribution in [1.29, 1.82) is 0 Å². The van der Waals surface area contributed by atoms with Gasteiger partial charge in [-0.25, -0.2) is 0 Å². The van der Waals surface area contributed by atoms with Gasteiger partial charge in [-0.1, -0.05) is 27.7 Å². The highest BCUT2D eigenvalue weighted by Gasteiger charge is 2.52. The summed E-state index contributed by atoms with van der Waals surface area (Å²) in [6.45, 7) is 17.0. The van der Waals surface area contributed by atoms with E-state index < -0.39 is 96.0 Å². The maximum atomic E-state index is 14.0. The molecular formula is C37H65NO12. The summed E-state index contributed by atoms with van der Waals surface area (Å²) in [5.74, 6) is -5.57. The average molecular weight is 716 g/mol. The van der Waals surface area contributed by atoms with E-state index in [0.717, 1.165) is 0 Å². The van der Waals surface area contributed by atoms with E-state index in [9.17, 15) is 29.7 Å². The molecule has 3 heterocycles. The summed E-state index contributed by atoms with van der Waals surface area (Å²) in [6.07, 6.45) is -7.14. The van der Waals surface area contributed by atoms with E-state index in [2.05, 4.69) is 0 Å². The van der Waals surface area contributed by atoms with Crippen LogP contribution in [-0.4, -0.2) is 132 Å². The molecule has 3 fully saturated rings. The molecule has 17 atom stereocenters. The van der Waals surface area contributed by atoms with Crippen LogP contribution in [0.1, 0.15) is 94.9 Å². The Morgan fingerprint density at radius 3 is 2.08 bits per heavy atom. The monoisotopic (exact) mass is 715 g/mol. The summed E-state index contributed by atoms with van der Waals surface area (Å²) in [5.41, 5.74) is -2.77. The smallest absolute Gasteiger partial charge is 0.311 e. The standard InChI is InChI=1S/C37H65NO12/c1-14-26-20(4)29(40)21(5)28(39)18(2)16-36(9,44)33(50-35-30(41)25(38(11)12)15-19(3)46-35)22(6)31(23(7)34(43)48-26)49-27-17-37(10,45-13)32(42)24(8)47-27/h18-27,30-33,35,41-42,44H,14-17H2,1-13H3/t18?,19?,20?,21?,22?,23?,24?,25?,26?,27?,30?,31?,32?,33?,35?,36-,37?/m1/s1. The lowest BCUT2D eigenvalue weighted by atomic mass is 9.75. The molecule has 0 aromatic carbocycles. The highest BCUT2D eigenvalue weighted by Crippen LogP contribution is 2.40. The molecule has 16 unspecified atom stereocenters. The van der Waals surface area contributed by atoms with Crippen LogP contribution < -0.4 is 0 Å². The second-order valence-electron chi connectivity index (χ2n) is 16.0. The Bertz CT molecular complexity index is 1170. The number of esters is 1. The first-order valence-corrected chi connectivity index (χ1v) is 18.3. The Labute approximate surface area is 298 Å². The summed E-state index contributed by atoms with van der Waals surface area (Å²) in [6, 6.07) is -0.306. The molecule has 0 bridgehead atoms. The molecule has 0 aromatic rings. The minimum absolute atomic E-state index is 0.0873. The van der Waals surface area contributed by atoms with E-state index in [-0.39, 0.29) is 36.6 Å². The fraction of sp³-hybridized carbons (Fsp3) is 0.919. The molecule has 3 aliphatic heterocycles. The van der Waals surface area contributed by atoms with Gasteiger partial charge in [-0.05, 0) is 74.9 Å². The minimum Gasteiger partial charge on any atom is -0.461 e. The van der Waals surface area contributed by atoms with Gasteiger partial charge in [0.25, 0.3) is 0 Å². The molecule has 3 rings (SSSR count). The summed E-state index contributed by atoms with van der Waals surface area (Å²) in [5, 5.41) is 34.7. The number of hydrogen-bond acceptors (Lipinski definition) is 13. The molecule has 3 aliphatic rings. The van der Waals surface area contributed by atoms with Crippen LogP contribution in [0.25, 0.3) is 0 Å². The van der Waals surface area contributed by atoms with Gasteiger partial charge in [-0.15, -0.1) is 0 Å². The lowest BCUT2D eigenvalue weighted by Crippen LogP contribution is -2.60. The largest absolute Gasteiger partial charge is 0.461 e. The Balaban J connectivity index is 2.16. The van der Waals surface area contributed by atoms with Crippen LogP contribution in [0.3, 0.4) is 0 Å². The molecule has 50 heavy (non-hydrogen) atoms. The zero-order chi connectivity index (χ0) is 38.0. The lowest BCUT2D eigenvalue weighted by Gasteiger charge is -2.48. The SMILES string of the molecule is CCC1OC(=O)C(C)C(OC2CC(C)(OC)C(O)C(C)O2)C(C)C(OC2OC(C)CC(N(C)C)C2O)[C@](C)(O)CC(C)C(=O)C(C)C(=O)C1C. The molecule has 0 aromatic heterocycles. The van der Waals surface area contributed by atoms with Crippen molar-refractivity contribution in [3.63, 3.8) is 0 Å². The fourth-order valence-electron chi connectivity index (χ4n) is 8.19. The van der Waals surface area contributed by atoms with Crippen LogP contribution in [0.5, 0.6) is 0 Å². The van der Waals surface area contributed by atoms with Crippen molar-refractivity contribution in [2.75, 3.05) is 21.2 Å². The van der Waals surface area contributed by atoms with Crippen LogP contribution in [0, 0.1) is 29.6 Å².